The van der Waals surface area contributed by atoms with Crippen molar-refractivity contribution in [2.75, 3.05) is 0 Å². The van der Waals surface area contributed by atoms with Crippen LogP contribution in [0, 0.1) is 12.3 Å². The van der Waals surface area contributed by atoms with Crippen LogP contribution in [0.3, 0.4) is 0 Å². The fourth-order valence-electron chi connectivity index (χ4n) is 2.42. The summed E-state index contributed by atoms with van der Waals surface area (Å²) in [6, 6.07) is 0. The van der Waals surface area contributed by atoms with Gasteiger partial charge in [0.2, 0.25) is 0 Å². The highest BCUT2D eigenvalue weighted by molar-refractivity contribution is 4.82. The second kappa shape index (κ2) is 16.6. The Balaban J connectivity index is 2.89. The molecule has 0 fully saturated rings. The van der Waals surface area contributed by atoms with Gasteiger partial charge in [-0.25, -0.2) is 0 Å². The zero-order chi connectivity index (χ0) is 13.3. The van der Waals surface area contributed by atoms with E-state index >= 15 is 0 Å². The molecule has 0 unspecified atom stereocenters. The molecule has 0 aromatic rings. The highest BCUT2D eigenvalue weighted by Gasteiger charge is 1.93. The van der Waals surface area contributed by atoms with Crippen LogP contribution in [-0.4, -0.2) is 0 Å². The fraction of sp³-hybridized carbons (Fsp3) is 0.889. The minimum absolute atomic E-state index is 0.970. The van der Waals surface area contributed by atoms with Gasteiger partial charge in [-0.3, -0.25) is 0 Å². The lowest BCUT2D eigenvalue weighted by Crippen LogP contribution is -1.83. The van der Waals surface area contributed by atoms with Gasteiger partial charge < -0.3 is 0 Å². The summed E-state index contributed by atoms with van der Waals surface area (Å²) in [7, 11) is 0. The van der Waals surface area contributed by atoms with Gasteiger partial charge in [0.1, 0.15) is 0 Å². The molecule has 0 heterocycles. The first-order valence-electron chi connectivity index (χ1n) is 8.35. The van der Waals surface area contributed by atoms with E-state index in [9.17, 15) is 0 Å². The highest BCUT2D eigenvalue weighted by Crippen LogP contribution is 2.13. The molecule has 0 atom stereocenters. The average molecular weight is 250 g/mol. The Morgan fingerprint density at radius 2 is 0.889 bits per heavy atom. The van der Waals surface area contributed by atoms with Crippen molar-refractivity contribution in [2.45, 2.75) is 103 Å². The van der Waals surface area contributed by atoms with E-state index < -0.39 is 0 Å². The topological polar surface area (TPSA) is 0 Å². The Morgan fingerprint density at radius 3 is 1.22 bits per heavy atom. The van der Waals surface area contributed by atoms with E-state index in [1.807, 2.05) is 0 Å². The molecular weight excluding hydrogens is 216 g/mol. The van der Waals surface area contributed by atoms with Crippen molar-refractivity contribution < 1.29 is 0 Å². The smallest absolute Gasteiger partial charge is 0.00860 e. The lowest BCUT2D eigenvalue weighted by Gasteiger charge is -2.02. The Kier molecular flexibility index (Phi) is 16.2. The minimum Gasteiger partial charge on any atom is -0.120 e. The third-order valence-electron chi connectivity index (χ3n) is 3.67. The van der Waals surface area contributed by atoms with Gasteiger partial charge in [0, 0.05) is 6.42 Å². The van der Waals surface area contributed by atoms with Gasteiger partial charge in [-0.05, 0) is 6.42 Å². The molecule has 0 aliphatic heterocycles. The zero-order valence-electron chi connectivity index (χ0n) is 12.7. The fourth-order valence-corrected chi connectivity index (χ4v) is 2.42. The van der Waals surface area contributed by atoms with Crippen molar-refractivity contribution in [1.82, 2.24) is 0 Å². The van der Waals surface area contributed by atoms with E-state index in [1.165, 1.54) is 89.9 Å². The van der Waals surface area contributed by atoms with E-state index in [4.69, 9.17) is 6.42 Å². The largest absolute Gasteiger partial charge is 0.120 e. The number of rotatable bonds is 14. The summed E-state index contributed by atoms with van der Waals surface area (Å²) >= 11 is 0. The van der Waals surface area contributed by atoms with E-state index in [0.29, 0.717) is 0 Å². The van der Waals surface area contributed by atoms with Crippen LogP contribution in [0.4, 0.5) is 0 Å². The van der Waals surface area contributed by atoms with E-state index in [-0.39, 0.29) is 0 Å². The normalized spacial score (nSPS) is 10.4. The molecule has 0 aliphatic rings. The molecule has 0 saturated carbocycles. The first-order valence-corrected chi connectivity index (χ1v) is 8.35. The molecule has 0 aromatic heterocycles. The number of hydrogen-bond donors (Lipinski definition) is 0. The summed E-state index contributed by atoms with van der Waals surface area (Å²) in [5, 5.41) is 0. The van der Waals surface area contributed by atoms with Crippen molar-refractivity contribution in [1.29, 1.82) is 0 Å². The molecule has 0 aliphatic carbocycles. The molecular formula is C18H34. The zero-order valence-corrected chi connectivity index (χ0v) is 12.7. The maximum absolute atomic E-state index is 5.23. The number of terminal acetylenes is 1. The van der Waals surface area contributed by atoms with Crippen LogP contribution in [0.2, 0.25) is 0 Å². The van der Waals surface area contributed by atoms with Gasteiger partial charge >= 0.3 is 0 Å². The SMILES string of the molecule is C#CCCCCCCCCCCCCCCCC. The summed E-state index contributed by atoms with van der Waals surface area (Å²) in [6.45, 7) is 2.28. The van der Waals surface area contributed by atoms with Gasteiger partial charge in [-0.1, -0.05) is 90.4 Å². The van der Waals surface area contributed by atoms with Crippen LogP contribution < -0.4 is 0 Å². The Morgan fingerprint density at radius 1 is 0.556 bits per heavy atom. The second-order valence-corrected chi connectivity index (χ2v) is 5.55. The van der Waals surface area contributed by atoms with Crippen LogP contribution in [0.1, 0.15) is 103 Å². The summed E-state index contributed by atoms with van der Waals surface area (Å²) < 4.78 is 0. The predicted octanol–water partition coefficient (Wildman–Crippen LogP) is 6.49. The van der Waals surface area contributed by atoms with Crippen LogP contribution in [0.15, 0.2) is 0 Å². The highest BCUT2D eigenvalue weighted by atomic mass is 14.0. The summed E-state index contributed by atoms with van der Waals surface area (Å²) in [5.41, 5.74) is 0. The lowest BCUT2D eigenvalue weighted by atomic mass is 10.0. The van der Waals surface area contributed by atoms with Crippen molar-refractivity contribution in [3.05, 3.63) is 0 Å². The van der Waals surface area contributed by atoms with Crippen molar-refractivity contribution in [2.24, 2.45) is 0 Å². The van der Waals surface area contributed by atoms with Gasteiger partial charge in [0.25, 0.3) is 0 Å². The third-order valence-corrected chi connectivity index (χ3v) is 3.67. The van der Waals surface area contributed by atoms with E-state index in [0.717, 1.165) is 6.42 Å². The molecule has 0 amide bonds. The van der Waals surface area contributed by atoms with Gasteiger partial charge in [-0.15, -0.1) is 12.3 Å². The molecule has 106 valence electrons. The first-order chi connectivity index (χ1) is 8.91. The monoisotopic (exact) mass is 250 g/mol. The van der Waals surface area contributed by atoms with Crippen molar-refractivity contribution in [3.63, 3.8) is 0 Å². The van der Waals surface area contributed by atoms with Crippen LogP contribution in [-0.2, 0) is 0 Å². The average Bonchev–Trinajstić information content (AvgIpc) is 2.39. The first kappa shape index (κ1) is 17.6. The van der Waals surface area contributed by atoms with Crippen LogP contribution >= 0.6 is 0 Å². The van der Waals surface area contributed by atoms with Gasteiger partial charge in [0.05, 0.1) is 0 Å². The summed E-state index contributed by atoms with van der Waals surface area (Å²) in [5.74, 6) is 2.71. The standard InChI is InChI=1S/C18H34/c1-3-5-7-9-11-13-15-17-18-16-14-12-10-8-6-4-2/h1H,4-18H2,2H3. The molecule has 18 heavy (non-hydrogen) atoms. The summed E-state index contributed by atoms with van der Waals surface area (Å²) in [4.78, 5) is 0. The van der Waals surface area contributed by atoms with Crippen molar-refractivity contribution >= 4 is 0 Å². The third kappa shape index (κ3) is 15.6. The molecule has 0 aromatic carbocycles. The van der Waals surface area contributed by atoms with Gasteiger partial charge in [0.15, 0.2) is 0 Å². The maximum atomic E-state index is 5.23. The molecule has 0 bridgehead atoms. The maximum Gasteiger partial charge on any atom is 0.00860 e. The second-order valence-electron chi connectivity index (χ2n) is 5.55. The molecule has 0 N–H and O–H groups in total. The Bertz CT molecular complexity index is 175. The Hall–Kier alpha value is -0.440. The quantitative estimate of drug-likeness (QED) is 0.244. The minimum atomic E-state index is 0.970. The lowest BCUT2D eigenvalue weighted by molar-refractivity contribution is 0.536. The van der Waals surface area contributed by atoms with Crippen LogP contribution in [0.5, 0.6) is 0 Å². The molecule has 0 nitrogen and oxygen atoms in total. The Labute approximate surface area is 116 Å². The van der Waals surface area contributed by atoms with E-state index in [2.05, 4.69) is 12.8 Å². The number of unbranched alkanes of at least 4 members (excludes halogenated alkanes) is 14. The summed E-state index contributed by atoms with van der Waals surface area (Å²) in [6.07, 6.45) is 26.0. The molecule has 0 spiro atoms. The molecule has 0 saturated heterocycles. The van der Waals surface area contributed by atoms with Crippen molar-refractivity contribution in [3.8, 4) is 12.3 Å². The predicted molar refractivity (Wildman–Crippen MR) is 83.8 cm³/mol. The number of hydrogen-bond acceptors (Lipinski definition) is 0. The molecule has 0 radical (unpaired) electrons. The molecule has 0 rings (SSSR count). The molecule has 0 heteroatoms. The van der Waals surface area contributed by atoms with E-state index in [1.54, 1.807) is 0 Å². The van der Waals surface area contributed by atoms with Crippen LogP contribution in [0.25, 0.3) is 0 Å². The van der Waals surface area contributed by atoms with Gasteiger partial charge in [-0.2, -0.15) is 0 Å².